The van der Waals surface area contributed by atoms with Crippen LogP contribution in [-0.2, 0) is 0 Å². The van der Waals surface area contributed by atoms with E-state index in [1.54, 1.807) is 17.4 Å². The minimum atomic E-state index is -0.225. The minimum absolute atomic E-state index is 0.113. The first kappa shape index (κ1) is 9.66. The summed E-state index contributed by atoms with van der Waals surface area (Å²) in [6.45, 7) is 0.674. The van der Waals surface area contributed by atoms with E-state index >= 15 is 0 Å². The van der Waals surface area contributed by atoms with E-state index in [-0.39, 0.29) is 11.9 Å². The lowest BCUT2D eigenvalue weighted by Crippen LogP contribution is -2.22. The van der Waals surface area contributed by atoms with Crippen molar-refractivity contribution >= 4 is 17.0 Å². The predicted molar refractivity (Wildman–Crippen MR) is 62.6 cm³/mol. The topological polar surface area (TPSA) is 21.3 Å². The molecule has 1 aliphatic rings. The van der Waals surface area contributed by atoms with Gasteiger partial charge in [0.1, 0.15) is 11.9 Å². The van der Waals surface area contributed by atoms with Crippen LogP contribution in [0.4, 0.5) is 10.1 Å². The third-order valence-corrected chi connectivity index (χ3v) is 3.32. The summed E-state index contributed by atoms with van der Waals surface area (Å²) in [6.07, 6.45) is -0.113. The van der Waals surface area contributed by atoms with Gasteiger partial charge in [-0.25, -0.2) is 4.39 Å². The predicted octanol–water partition coefficient (Wildman–Crippen LogP) is 3.43. The van der Waals surface area contributed by atoms with Gasteiger partial charge in [-0.15, -0.1) is 11.3 Å². The zero-order chi connectivity index (χ0) is 11.0. The molecule has 3 rings (SSSR count). The Morgan fingerprint density at radius 3 is 3.19 bits per heavy atom. The molecule has 0 aliphatic carbocycles. The van der Waals surface area contributed by atoms with Crippen LogP contribution >= 0.6 is 11.3 Å². The molecule has 1 aromatic heterocycles. The lowest BCUT2D eigenvalue weighted by molar-refractivity contribution is 0.211. The molecule has 82 valence electrons. The van der Waals surface area contributed by atoms with Crippen LogP contribution in [0.5, 0.6) is 5.75 Å². The van der Waals surface area contributed by atoms with Crippen molar-refractivity contribution < 1.29 is 9.13 Å². The van der Waals surface area contributed by atoms with E-state index < -0.39 is 0 Å². The quantitative estimate of drug-likeness (QED) is 0.817. The van der Waals surface area contributed by atoms with Crippen molar-refractivity contribution in [1.29, 1.82) is 0 Å². The van der Waals surface area contributed by atoms with Gasteiger partial charge in [0.15, 0.2) is 5.75 Å². The van der Waals surface area contributed by atoms with Crippen molar-refractivity contribution in [2.24, 2.45) is 0 Å². The van der Waals surface area contributed by atoms with Crippen molar-refractivity contribution in [3.63, 3.8) is 0 Å². The van der Waals surface area contributed by atoms with Gasteiger partial charge in [0, 0.05) is 10.8 Å². The van der Waals surface area contributed by atoms with Crippen molar-refractivity contribution in [3.05, 3.63) is 46.4 Å². The van der Waals surface area contributed by atoms with Gasteiger partial charge >= 0.3 is 0 Å². The monoisotopic (exact) mass is 235 g/mol. The molecule has 1 aromatic carbocycles. The average molecular weight is 235 g/mol. The molecule has 2 aromatic rings. The fraction of sp³-hybridized carbons (Fsp3) is 0.167. The number of fused-ring (bicyclic) bond motifs is 1. The average Bonchev–Trinajstić information content (AvgIpc) is 2.75. The molecule has 1 aliphatic heterocycles. The fourth-order valence-electron chi connectivity index (χ4n) is 1.80. The van der Waals surface area contributed by atoms with Crippen LogP contribution < -0.4 is 10.1 Å². The lowest BCUT2D eigenvalue weighted by atomic mass is 10.1. The summed E-state index contributed by atoms with van der Waals surface area (Å²) in [6, 6.07) is 6.55. The zero-order valence-corrected chi connectivity index (χ0v) is 9.26. The summed E-state index contributed by atoms with van der Waals surface area (Å²) < 4.78 is 18.9. The molecule has 1 N–H and O–H groups in total. The van der Waals surface area contributed by atoms with Crippen LogP contribution in [0.15, 0.2) is 35.0 Å². The van der Waals surface area contributed by atoms with Crippen LogP contribution in [-0.4, -0.2) is 6.54 Å². The number of hydrogen-bond acceptors (Lipinski definition) is 3. The maximum absolute atomic E-state index is 13.1. The Balaban J connectivity index is 1.88. The Bertz CT molecular complexity index is 511. The maximum Gasteiger partial charge on any atom is 0.154 e. The van der Waals surface area contributed by atoms with Crippen molar-refractivity contribution in [2.75, 3.05) is 11.9 Å². The van der Waals surface area contributed by atoms with E-state index in [4.69, 9.17) is 4.74 Å². The van der Waals surface area contributed by atoms with Crippen LogP contribution in [0.2, 0.25) is 0 Å². The highest BCUT2D eigenvalue weighted by atomic mass is 32.1. The number of halogens is 1. The van der Waals surface area contributed by atoms with E-state index in [2.05, 4.69) is 5.32 Å². The molecule has 0 saturated heterocycles. The highest BCUT2D eigenvalue weighted by Crippen LogP contribution is 2.36. The highest BCUT2D eigenvalue weighted by molar-refractivity contribution is 7.08. The second kappa shape index (κ2) is 3.79. The minimum Gasteiger partial charge on any atom is -0.481 e. The van der Waals surface area contributed by atoms with Gasteiger partial charge in [-0.3, -0.25) is 0 Å². The van der Waals surface area contributed by atoms with Gasteiger partial charge in [0.2, 0.25) is 0 Å². The summed E-state index contributed by atoms with van der Waals surface area (Å²) in [5.41, 5.74) is 1.89. The molecule has 0 bridgehead atoms. The van der Waals surface area contributed by atoms with E-state index in [1.165, 1.54) is 12.1 Å². The molecule has 0 radical (unpaired) electrons. The Hall–Kier alpha value is -1.55. The third-order valence-electron chi connectivity index (χ3n) is 2.59. The standard InChI is InChI=1S/C12H10FNOS/c13-9-3-1-2-8(4-9)11-5-14-10-6-16-7-12(10)15-11/h1-4,6-7,11,14H,5H2. The van der Waals surface area contributed by atoms with Crippen LogP contribution in [0.25, 0.3) is 0 Å². The van der Waals surface area contributed by atoms with Gasteiger partial charge in [0.05, 0.1) is 12.2 Å². The molecule has 0 fully saturated rings. The maximum atomic E-state index is 13.1. The normalized spacial score (nSPS) is 18.4. The Morgan fingerprint density at radius 1 is 1.38 bits per heavy atom. The summed E-state index contributed by atoms with van der Waals surface area (Å²) in [5, 5.41) is 7.24. The molecule has 16 heavy (non-hydrogen) atoms. The van der Waals surface area contributed by atoms with E-state index in [0.717, 1.165) is 17.0 Å². The first-order valence-electron chi connectivity index (χ1n) is 5.05. The van der Waals surface area contributed by atoms with Crippen LogP contribution in [0, 0.1) is 5.82 Å². The van der Waals surface area contributed by atoms with E-state index in [0.29, 0.717) is 6.54 Å². The SMILES string of the molecule is Fc1cccc(C2CNc3cscc3O2)c1. The number of ether oxygens (including phenoxy) is 1. The molecule has 1 unspecified atom stereocenters. The Labute approximate surface area is 96.7 Å². The van der Waals surface area contributed by atoms with Crippen molar-refractivity contribution in [3.8, 4) is 5.75 Å². The van der Waals surface area contributed by atoms with Crippen molar-refractivity contribution in [2.45, 2.75) is 6.10 Å². The molecule has 2 heterocycles. The number of benzene rings is 1. The largest absolute Gasteiger partial charge is 0.481 e. The van der Waals surface area contributed by atoms with Crippen molar-refractivity contribution in [1.82, 2.24) is 0 Å². The van der Waals surface area contributed by atoms with Gasteiger partial charge < -0.3 is 10.1 Å². The summed E-state index contributed by atoms with van der Waals surface area (Å²) in [7, 11) is 0. The van der Waals surface area contributed by atoms with E-state index in [1.807, 2.05) is 16.8 Å². The Kier molecular flexibility index (Phi) is 2.29. The molecule has 0 amide bonds. The van der Waals surface area contributed by atoms with Gasteiger partial charge in [-0.05, 0) is 17.7 Å². The summed E-state index contributed by atoms with van der Waals surface area (Å²) in [5.74, 6) is 0.628. The summed E-state index contributed by atoms with van der Waals surface area (Å²) in [4.78, 5) is 0. The first-order chi connectivity index (χ1) is 7.83. The molecular formula is C12H10FNOS. The van der Waals surface area contributed by atoms with Gasteiger partial charge in [0.25, 0.3) is 0 Å². The molecule has 0 spiro atoms. The molecule has 0 saturated carbocycles. The second-order valence-corrected chi connectivity index (χ2v) is 4.44. The van der Waals surface area contributed by atoms with Gasteiger partial charge in [-0.1, -0.05) is 12.1 Å². The fourth-order valence-corrected chi connectivity index (χ4v) is 2.51. The number of nitrogens with one attached hydrogen (secondary N) is 1. The molecule has 2 nitrogen and oxygen atoms in total. The van der Waals surface area contributed by atoms with E-state index in [9.17, 15) is 4.39 Å². The highest BCUT2D eigenvalue weighted by Gasteiger charge is 2.21. The van der Waals surface area contributed by atoms with Gasteiger partial charge in [-0.2, -0.15) is 0 Å². The molecular weight excluding hydrogens is 225 g/mol. The van der Waals surface area contributed by atoms with Crippen LogP contribution in [0.3, 0.4) is 0 Å². The molecule has 1 atom stereocenters. The van der Waals surface area contributed by atoms with Crippen LogP contribution in [0.1, 0.15) is 11.7 Å². The number of anilines is 1. The zero-order valence-electron chi connectivity index (χ0n) is 8.44. The number of hydrogen-bond donors (Lipinski definition) is 1. The lowest BCUT2D eigenvalue weighted by Gasteiger charge is -2.25. The Morgan fingerprint density at radius 2 is 2.31 bits per heavy atom. The molecule has 4 heteroatoms. The number of rotatable bonds is 1. The first-order valence-corrected chi connectivity index (χ1v) is 5.99. The third kappa shape index (κ3) is 1.65. The smallest absolute Gasteiger partial charge is 0.154 e. The second-order valence-electron chi connectivity index (χ2n) is 3.69. The summed E-state index contributed by atoms with van der Waals surface area (Å²) >= 11 is 1.59. The number of thiophene rings is 1.